The van der Waals surface area contributed by atoms with Gasteiger partial charge < -0.3 is 5.32 Å². The molecule has 0 amide bonds. The maximum Gasteiger partial charge on any atom is 0.0294 e. The first-order chi connectivity index (χ1) is 6.77. The number of hydrogen-bond acceptors (Lipinski definition) is 1. The summed E-state index contributed by atoms with van der Waals surface area (Å²) in [5.41, 5.74) is 2.93. The zero-order valence-corrected chi connectivity index (χ0v) is 10.7. The lowest BCUT2D eigenvalue weighted by atomic mass is 9.96. The summed E-state index contributed by atoms with van der Waals surface area (Å²) in [5, 5.41) is 3.44. The summed E-state index contributed by atoms with van der Waals surface area (Å²) in [6.07, 6.45) is 1.15. The molecule has 0 aromatic heterocycles. The summed E-state index contributed by atoms with van der Waals surface area (Å²) in [6.45, 7) is 7.32. The van der Waals surface area contributed by atoms with E-state index in [0.717, 1.165) is 13.0 Å². The van der Waals surface area contributed by atoms with Crippen LogP contribution in [0.1, 0.15) is 37.9 Å². The van der Waals surface area contributed by atoms with Crippen LogP contribution in [0.2, 0.25) is 0 Å². The van der Waals surface area contributed by atoms with Gasteiger partial charge in [0.2, 0.25) is 0 Å². The van der Waals surface area contributed by atoms with E-state index in [9.17, 15) is 0 Å². The molecular formula is C12H18BrN. The van der Waals surface area contributed by atoms with E-state index in [-0.39, 0.29) is 0 Å². The van der Waals surface area contributed by atoms with Gasteiger partial charge in [0.25, 0.3) is 0 Å². The van der Waals surface area contributed by atoms with Gasteiger partial charge in [0.05, 0.1) is 0 Å². The fraction of sp³-hybridized carbons (Fsp3) is 0.500. The van der Waals surface area contributed by atoms with E-state index in [1.54, 1.807) is 0 Å². The normalized spacial score (nSPS) is 19.3. The van der Waals surface area contributed by atoms with E-state index in [0.29, 0.717) is 6.04 Å². The van der Waals surface area contributed by atoms with Crippen LogP contribution in [0.3, 0.4) is 0 Å². The van der Waals surface area contributed by atoms with Crippen molar-refractivity contribution in [2.24, 2.45) is 0 Å². The van der Waals surface area contributed by atoms with Gasteiger partial charge in [-0.05, 0) is 43.1 Å². The zero-order chi connectivity index (χ0) is 10.6. The van der Waals surface area contributed by atoms with Gasteiger partial charge in [-0.15, -0.1) is 0 Å². The van der Waals surface area contributed by atoms with Crippen molar-refractivity contribution in [2.75, 3.05) is 6.54 Å². The molecule has 0 saturated carbocycles. The van der Waals surface area contributed by atoms with Gasteiger partial charge in [0, 0.05) is 10.5 Å². The number of rotatable bonds is 0. The molecule has 0 aliphatic carbocycles. The lowest BCUT2D eigenvalue weighted by molar-refractivity contribution is 0.541. The molecule has 0 radical (unpaired) electrons. The van der Waals surface area contributed by atoms with Crippen molar-refractivity contribution >= 4 is 15.9 Å². The highest BCUT2D eigenvalue weighted by molar-refractivity contribution is 9.10. The van der Waals surface area contributed by atoms with Gasteiger partial charge >= 0.3 is 0 Å². The summed E-state index contributed by atoms with van der Waals surface area (Å²) in [7, 11) is 0. The highest BCUT2D eigenvalue weighted by Crippen LogP contribution is 2.25. The van der Waals surface area contributed by atoms with Crippen LogP contribution >= 0.6 is 15.9 Å². The molecule has 2 rings (SSSR count). The predicted octanol–water partition coefficient (Wildman–Crippen LogP) is 3.68. The van der Waals surface area contributed by atoms with Gasteiger partial charge in [-0.25, -0.2) is 0 Å². The van der Waals surface area contributed by atoms with Crippen LogP contribution in [-0.4, -0.2) is 6.54 Å². The molecule has 1 unspecified atom stereocenters. The summed E-state index contributed by atoms with van der Waals surface area (Å²) < 4.78 is 1.19. The Hall–Kier alpha value is -0.340. The molecule has 1 heterocycles. The van der Waals surface area contributed by atoms with Crippen LogP contribution in [0.25, 0.3) is 0 Å². The van der Waals surface area contributed by atoms with E-state index >= 15 is 0 Å². The first kappa shape index (κ1) is 11.7. The van der Waals surface area contributed by atoms with Crippen molar-refractivity contribution in [1.82, 2.24) is 5.32 Å². The lowest BCUT2D eigenvalue weighted by Crippen LogP contribution is -2.27. The van der Waals surface area contributed by atoms with E-state index in [1.807, 2.05) is 13.8 Å². The molecule has 1 aliphatic heterocycles. The molecule has 1 N–H and O–H groups in total. The van der Waals surface area contributed by atoms with Gasteiger partial charge in [0.15, 0.2) is 0 Å². The van der Waals surface area contributed by atoms with Crippen molar-refractivity contribution < 1.29 is 0 Å². The van der Waals surface area contributed by atoms with Crippen LogP contribution < -0.4 is 5.32 Å². The Balaban J connectivity index is 0.000000461. The summed E-state index contributed by atoms with van der Waals surface area (Å²) in [5.74, 6) is 0. The van der Waals surface area contributed by atoms with E-state index in [2.05, 4.69) is 46.4 Å². The molecule has 0 bridgehead atoms. The molecule has 1 aromatic rings. The Morgan fingerprint density at radius 2 is 2.07 bits per heavy atom. The van der Waals surface area contributed by atoms with Crippen molar-refractivity contribution in [3.8, 4) is 0 Å². The number of fused-ring (bicyclic) bond motifs is 1. The second-order valence-electron chi connectivity index (χ2n) is 3.27. The second kappa shape index (κ2) is 5.52. The lowest BCUT2D eigenvalue weighted by Gasteiger charge is -2.23. The molecule has 1 nitrogen and oxygen atoms in total. The van der Waals surface area contributed by atoms with Crippen LogP contribution in [0.5, 0.6) is 0 Å². The van der Waals surface area contributed by atoms with Gasteiger partial charge in [-0.1, -0.05) is 35.8 Å². The third-order valence-electron chi connectivity index (χ3n) is 2.42. The minimum Gasteiger partial charge on any atom is -0.310 e. The third kappa shape index (κ3) is 2.58. The minimum absolute atomic E-state index is 0.516. The van der Waals surface area contributed by atoms with Gasteiger partial charge in [-0.3, -0.25) is 0 Å². The van der Waals surface area contributed by atoms with Crippen LogP contribution in [0.15, 0.2) is 22.7 Å². The average Bonchev–Trinajstić information content (AvgIpc) is 2.21. The quantitative estimate of drug-likeness (QED) is 0.746. The van der Waals surface area contributed by atoms with E-state index < -0.39 is 0 Å². The van der Waals surface area contributed by atoms with Gasteiger partial charge in [-0.2, -0.15) is 0 Å². The molecule has 1 aliphatic rings. The van der Waals surface area contributed by atoms with Gasteiger partial charge in [0.1, 0.15) is 0 Å². The Morgan fingerprint density at radius 1 is 1.36 bits per heavy atom. The van der Waals surface area contributed by atoms with Crippen molar-refractivity contribution in [1.29, 1.82) is 0 Å². The van der Waals surface area contributed by atoms with Crippen LogP contribution in [0, 0.1) is 0 Å². The standard InChI is InChI=1S/C10H12BrN.C2H6/c1-7-10-3-2-9(11)6-8(10)4-5-12-7;1-2/h2-3,6-7,12H,4-5H2,1H3;1-2H3. The maximum absolute atomic E-state index is 3.49. The number of nitrogens with one attached hydrogen (secondary N) is 1. The first-order valence-corrected chi connectivity index (χ1v) is 6.08. The number of benzene rings is 1. The van der Waals surface area contributed by atoms with Crippen LogP contribution in [0.4, 0.5) is 0 Å². The zero-order valence-electron chi connectivity index (χ0n) is 9.10. The summed E-state index contributed by atoms with van der Waals surface area (Å²) in [6, 6.07) is 7.06. The van der Waals surface area contributed by atoms with E-state index in [4.69, 9.17) is 0 Å². The molecular weight excluding hydrogens is 238 g/mol. The first-order valence-electron chi connectivity index (χ1n) is 5.29. The molecule has 1 aromatic carbocycles. The van der Waals surface area contributed by atoms with E-state index in [1.165, 1.54) is 15.6 Å². The van der Waals surface area contributed by atoms with Crippen molar-refractivity contribution in [3.05, 3.63) is 33.8 Å². The molecule has 78 valence electrons. The fourth-order valence-corrected chi connectivity index (χ4v) is 2.16. The Morgan fingerprint density at radius 3 is 2.79 bits per heavy atom. The SMILES string of the molecule is CC.CC1NCCc2cc(Br)ccc21. The highest BCUT2D eigenvalue weighted by Gasteiger charge is 2.14. The monoisotopic (exact) mass is 255 g/mol. The number of hydrogen-bond donors (Lipinski definition) is 1. The second-order valence-corrected chi connectivity index (χ2v) is 4.18. The largest absolute Gasteiger partial charge is 0.310 e. The highest BCUT2D eigenvalue weighted by atomic mass is 79.9. The van der Waals surface area contributed by atoms with Crippen molar-refractivity contribution in [3.63, 3.8) is 0 Å². The average molecular weight is 256 g/mol. The molecule has 0 spiro atoms. The fourth-order valence-electron chi connectivity index (χ4n) is 1.75. The molecule has 2 heteroatoms. The van der Waals surface area contributed by atoms with Crippen LogP contribution in [-0.2, 0) is 6.42 Å². The Bertz CT molecular complexity index is 296. The predicted molar refractivity (Wildman–Crippen MR) is 65.6 cm³/mol. The van der Waals surface area contributed by atoms with Crippen molar-refractivity contribution in [2.45, 2.75) is 33.2 Å². The topological polar surface area (TPSA) is 12.0 Å². The molecule has 14 heavy (non-hydrogen) atoms. The summed E-state index contributed by atoms with van der Waals surface area (Å²) in [4.78, 5) is 0. The maximum atomic E-state index is 3.49. The third-order valence-corrected chi connectivity index (χ3v) is 2.91. The smallest absolute Gasteiger partial charge is 0.0294 e. The Labute approximate surface area is 95.0 Å². The summed E-state index contributed by atoms with van der Waals surface area (Å²) >= 11 is 3.49. The molecule has 0 saturated heterocycles. The minimum atomic E-state index is 0.516. The molecule has 0 fully saturated rings. The number of halogens is 1. The Kier molecular flexibility index (Phi) is 4.63. The molecule has 1 atom stereocenters.